The zero-order valence-electron chi connectivity index (χ0n) is 16.1. The largest absolute Gasteiger partial charge is 0.497 e. The van der Waals surface area contributed by atoms with Gasteiger partial charge in [0.1, 0.15) is 12.3 Å². The summed E-state index contributed by atoms with van der Waals surface area (Å²) in [6.45, 7) is 2.71. The van der Waals surface area contributed by atoms with Crippen LogP contribution in [0.4, 0.5) is 5.69 Å². The number of hydrogen-bond acceptors (Lipinski definition) is 4. The smallest absolute Gasteiger partial charge is 0.265 e. The van der Waals surface area contributed by atoms with Crippen LogP contribution in [0.2, 0.25) is 0 Å². The van der Waals surface area contributed by atoms with Crippen molar-refractivity contribution in [3.8, 4) is 5.75 Å². The van der Waals surface area contributed by atoms with Gasteiger partial charge in [0.15, 0.2) is 0 Å². The number of ether oxygens (including phenoxy) is 1. The number of hydrogen-bond donors (Lipinski definition) is 1. The van der Waals surface area contributed by atoms with Gasteiger partial charge in [-0.1, -0.05) is 49.4 Å². The van der Waals surface area contributed by atoms with Crippen LogP contribution in [0, 0.1) is 0 Å². The van der Waals surface area contributed by atoms with Gasteiger partial charge in [-0.15, -0.1) is 0 Å². The number of benzene rings is 2. The summed E-state index contributed by atoms with van der Waals surface area (Å²) >= 11 is 1.43. The SMILES string of the molecule is CCCCNC(=O)CN1C(=O)/C(=C/c2ccc(OC)cc2)Sc2ccccc21. The molecule has 0 aromatic heterocycles. The second kappa shape index (κ2) is 9.46. The summed E-state index contributed by atoms with van der Waals surface area (Å²) in [7, 11) is 1.62. The second-order valence-corrected chi connectivity index (χ2v) is 7.53. The average Bonchev–Trinajstić information content (AvgIpc) is 2.72. The van der Waals surface area contributed by atoms with E-state index in [1.807, 2.05) is 54.6 Å². The highest BCUT2D eigenvalue weighted by molar-refractivity contribution is 8.04. The van der Waals surface area contributed by atoms with Crippen LogP contribution in [-0.2, 0) is 9.59 Å². The summed E-state index contributed by atoms with van der Waals surface area (Å²) in [4.78, 5) is 28.6. The highest BCUT2D eigenvalue weighted by Crippen LogP contribution is 2.41. The Labute approximate surface area is 169 Å². The van der Waals surface area contributed by atoms with E-state index in [-0.39, 0.29) is 18.4 Å². The Hall–Kier alpha value is -2.73. The average molecular weight is 397 g/mol. The molecule has 0 radical (unpaired) electrons. The molecule has 1 N–H and O–H groups in total. The lowest BCUT2D eigenvalue weighted by atomic mass is 10.2. The quantitative estimate of drug-likeness (QED) is 0.566. The summed E-state index contributed by atoms with van der Waals surface area (Å²) < 4.78 is 5.18. The number of amides is 2. The maximum absolute atomic E-state index is 13.1. The van der Waals surface area contributed by atoms with Crippen LogP contribution in [0.15, 0.2) is 58.3 Å². The molecule has 5 nitrogen and oxygen atoms in total. The van der Waals surface area contributed by atoms with E-state index in [9.17, 15) is 9.59 Å². The fourth-order valence-electron chi connectivity index (χ4n) is 2.87. The number of fused-ring (bicyclic) bond motifs is 1. The fourth-order valence-corrected chi connectivity index (χ4v) is 3.93. The third kappa shape index (κ3) is 4.75. The van der Waals surface area contributed by atoms with Gasteiger partial charge in [0.2, 0.25) is 5.91 Å². The van der Waals surface area contributed by atoms with Gasteiger partial charge in [-0.3, -0.25) is 14.5 Å². The minimum Gasteiger partial charge on any atom is -0.497 e. The van der Waals surface area contributed by atoms with Crippen LogP contribution in [0.25, 0.3) is 6.08 Å². The monoisotopic (exact) mass is 396 g/mol. The molecule has 0 aliphatic carbocycles. The lowest BCUT2D eigenvalue weighted by molar-refractivity contribution is -0.122. The fraction of sp³-hybridized carbons (Fsp3) is 0.273. The highest BCUT2D eigenvalue weighted by Gasteiger charge is 2.30. The van der Waals surface area contributed by atoms with Crippen molar-refractivity contribution in [2.24, 2.45) is 0 Å². The number of carbonyl (C=O) groups excluding carboxylic acids is 2. The molecule has 2 amide bonds. The van der Waals surface area contributed by atoms with Crippen molar-refractivity contribution in [2.75, 3.05) is 25.1 Å². The Morgan fingerprint density at radius 3 is 2.64 bits per heavy atom. The van der Waals surface area contributed by atoms with Crippen molar-refractivity contribution in [3.05, 3.63) is 59.0 Å². The van der Waals surface area contributed by atoms with Crippen molar-refractivity contribution in [1.29, 1.82) is 0 Å². The maximum atomic E-state index is 13.1. The molecule has 0 atom stereocenters. The van der Waals surface area contributed by atoms with E-state index < -0.39 is 0 Å². The number of nitrogens with zero attached hydrogens (tertiary/aromatic N) is 1. The number of rotatable bonds is 7. The molecule has 1 aliphatic heterocycles. The number of nitrogens with one attached hydrogen (secondary N) is 1. The van der Waals surface area contributed by atoms with Gasteiger partial charge in [-0.05, 0) is 42.3 Å². The van der Waals surface area contributed by atoms with Crippen LogP contribution < -0.4 is 15.0 Å². The number of carbonyl (C=O) groups is 2. The topological polar surface area (TPSA) is 58.6 Å². The maximum Gasteiger partial charge on any atom is 0.265 e. The van der Waals surface area contributed by atoms with Crippen molar-refractivity contribution in [1.82, 2.24) is 5.32 Å². The van der Waals surface area contributed by atoms with Gasteiger partial charge in [0, 0.05) is 11.4 Å². The molecule has 28 heavy (non-hydrogen) atoms. The number of thioether (sulfide) groups is 1. The molecule has 2 aromatic rings. The van der Waals surface area contributed by atoms with E-state index in [2.05, 4.69) is 12.2 Å². The third-order valence-electron chi connectivity index (χ3n) is 4.40. The molecular formula is C22H24N2O3S. The Kier molecular flexibility index (Phi) is 6.76. The zero-order chi connectivity index (χ0) is 19.9. The second-order valence-electron chi connectivity index (χ2n) is 6.45. The standard InChI is InChI=1S/C22H24N2O3S/c1-3-4-13-23-21(25)15-24-18-7-5-6-8-19(18)28-20(22(24)26)14-16-9-11-17(27-2)12-10-16/h5-12,14H,3-4,13,15H2,1-2H3,(H,23,25)/b20-14-. The Morgan fingerprint density at radius 1 is 1.18 bits per heavy atom. The van der Waals surface area contributed by atoms with Crippen molar-refractivity contribution < 1.29 is 14.3 Å². The van der Waals surface area contributed by atoms with E-state index in [1.165, 1.54) is 11.8 Å². The predicted molar refractivity (Wildman–Crippen MR) is 114 cm³/mol. The molecule has 1 aliphatic rings. The zero-order valence-corrected chi connectivity index (χ0v) is 16.9. The Balaban J connectivity index is 1.85. The number of para-hydroxylation sites is 1. The summed E-state index contributed by atoms with van der Waals surface area (Å²) in [6, 6.07) is 15.2. The summed E-state index contributed by atoms with van der Waals surface area (Å²) in [5, 5.41) is 2.89. The number of methoxy groups -OCH3 is 1. The highest BCUT2D eigenvalue weighted by atomic mass is 32.2. The normalized spacial score (nSPS) is 14.7. The van der Waals surface area contributed by atoms with Crippen LogP contribution in [-0.4, -0.2) is 32.0 Å². The molecule has 1 heterocycles. The van der Waals surface area contributed by atoms with Gasteiger partial charge in [-0.25, -0.2) is 0 Å². The molecule has 0 saturated carbocycles. The molecule has 0 bridgehead atoms. The minimum atomic E-state index is -0.162. The van der Waals surface area contributed by atoms with E-state index in [1.54, 1.807) is 12.0 Å². The molecule has 3 rings (SSSR count). The molecule has 0 fully saturated rings. The molecule has 0 saturated heterocycles. The van der Waals surface area contributed by atoms with Gasteiger partial charge in [-0.2, -0.15) is 0 Å². The molecule has 6 heteroatoms. The Bertz CT molecular complexity index is 878. The first kappa shape index (κ1) is 20.0. The van der Waals surface area contributed by atoms with E-state index >= 15 is 0 Å². The van der Waals surface area contributed by atoms with Gasteiger partial charge in [0.25, 0.3) is 5.91 Å². The third-order valence-corrected chi connectivity index (χ3v) is 5.48. The lowest BCUT2D eigenvalue weighted by Crippen LogP contribution is -2.42. The van der Waals surface area contributed by atoms with E-state index in [4.69, 9.17) is 4.74 Å². The van der Waals surface area contributed by atoms with Gasteiger partial charge < -0.3 is 10.1 Å². The van der Waals surface area contributed by atoms with Crippen molar-refractivity contribution in [3.63, 3.8) is 0 Å². The summed E-state index contributed by atoms with van der Waals surface area (Å²) in [5.74, 6) is 0.456. The Morgan fingerprint density at radius 2 is 1.93 bits per heavy atom. The van der Waals surface area contributed by atoms with Crippen LogP contribution in [0.5, 0.6) is 5.75 Å². The van der Waals surface area contributed by atoms with Crippen LogP contribution >= 0.6 is 11.8 Å². The molecule has 0 spiro atoms. The molecular weight excluding hydrogens is 372 g/mol. The number of unbranched alkanes of at least 4 members (excludes halogenated alkanes) is 1. The molecule has 0 unspecified atom stereocenters. The van der Waals surface area contributed by atoms with Crippen LogP contribution in [0.1, 0.15) is 25.3 Å². The molecule has 146 valence electrons. The van der Waals surface area contributed by atoms with Gasteiger partial charge >= 0.3 is 0 Å². The summed E-state index contributed by atoms with van der Waals surface area (Å²) in [6.07, 6.45) is 3.79. The van der Waals surface area contributed by atoms with Gasteiger partial charge in [0.05, 0.1) is 17.7 Å². The lowest BCUT2D eigenvalue weighted by Gasteiger charge is -2.29. The predicted octanol–water partition coefficient (Wildman–Crippen LogP) is 4.09. The first-order valence-corrected chi connectivity index (χ1v) is 10.1. The van der Waals surface area contributed by atoms with E-state index in [0.717, 1.165) is 34.7 Å². The first-order valence-electron chi connectivity index (χ1n) is 9.33. The minimum absolute atomic E-state index is 0.0140. The van der Waals surface area contributed by atoms with Crippen molar-refractivity contribution >= 4 is 35.3 Å². The van der Waals surface area contributed by atoms with Crippen molar-refractivity contribution in [2.45, 2.75) is 24.7 Å². The van der Waals surface area contributed by atoms with E-state index in [0.29, 0.717) is 11.4 Å². The summed E-state index contributed by atoms with van der Waals surface area (Å²) in [5.41, 5.74) is 1.68. The number of anilines is 1. The van der Waals surface area contributed by atoms with Crippen LogP contribution in [0.3, 0.4) is 0 Å². The molecule has 2 aromatic carbocycles. The first-order chi connectivity index (χ1) is 13.6.